The van der Waals surface area contributed by atoms with E-state index in [4.69, 9.17) is 14.6 Å². The lowest BCUT2D eigenvalue weighted by Crippen LogP contribution is -2.45. The van der Waals surface area contributed by atoms with Gasteiger partial charge in [-0.05, 0) is 50.2 Å². The molecule has 1 unspecified atom stereocenters. The summed E-state index contributed by atoms with van der Waals surface area (Å²) < 4.78 is 12.6. The summed E-state index contributed by atoms with van der Waals surface area (Å²) in [6, 6.07) is 16.0. The van der Waals surface area contributed by atoms with Crippen molar-refractivity contribution in [1.29, 1.82) is 0 Å². The van der Waals surface area contributed by atoms with E-state index < -0.39 is 18.0 Å². The van der Waals surface area contributed by atoms with Crippen LogP contribution in [0.3, 0.4) is 0 Å². The summed E-state index contributed by atoms with van der Waals surface area (Å²) in [5, 5.41) is 10.4. The number of amides is 2. The molecule has 8 heteroatoms. The SMILES string of the molecule is C=CCOc1ccc(-c2nn(-c3ccccc3)cc2C2NC(=O)NC(C)=C2C(=O)OCC)cc1. The molecule has 0 saturated carbocycles. The number of carbonyl (C=O) groups excluding carboxylic acids is 2. The molecule has 4 rings (SSSR count). The Morgan fingerprint density at radius 2 is 1.91 bits per heavy atom. The highest BCUT2D eigenvalue weighted by molar-refractivity contribution is 5.95. The Morgan fingerprint density at radius 3 is 2.59 bits per heavy atom. The van der Waals surface area contributed by atoms with Crippen LogP contribution in [-0.4, -0.2) is 35.0 Å². The van der Waals surface area contributed by atoms with Gasteiger partial charge in [0.25, 0.3) is 0 Å². The molecule has 3 aromatic rings. The Kier molecular flexibility index (Phi) is 6.77. The highest BCUT2D eigenvalue weighted by atomic mass is 16.5. The van der Waals surface area contributed by atoms with Crippen LogP contribution in [0.15, 0.2) is 84.7 Å². The average Bonchev–Trinajstić information content (AvgIpc) is 3.29. The first-order chi connectivity index (χ1) is 16.5. The van der Waals surface area contributed by atoms with Crippen molar-refractivity contribution < 1.29 is 19.1 Å². The first-order valence-electron chi connectivity index (χ1n) is 11.0. The van der Waals surface area contributed by atoms with Crippen LogP contribution in [0.1, 0.15) is 25.5 Å². The first kappa shape index (κ1) is 22.8. The average molecular weight is 459 g/mol. The molecule has 1 aliphatic rings. The zero-order valence-electron chi connectivity index (χ0n) is 19.1. The van der Waals surface area contributed by atoms with E-state index in [0.29, 0.717) is 34.9 Å². The second-order valence-corrected chi connectivity index (χ2v) is 7.63. The van der Waals surface area contributed by atoms with E-state index in [2.05, 4.69) is 17.2 Å². The van der Waals surface area contributed by atoms with E-state index in [1.807, 2.05) is 60.8 Å². The van der Waals surface area contributed by atoms with Gasteiger partial charge in [0, 0.05) is 23.0 Å². The third-order valence-corrected chi connectivity index (χ3v) is 5.33. The minimum Gasteiger partial charge on any atom is -0.490 e. The normalized spacial score (nSPS) is 15.4. The number of urea groups is 1. The van der Waals surface area contributed by atoms with Gasteiger partial charge in [-0.25, -0.2) is 14.3 Å². The minimum absolute atomic E-state index is 0.221. The molecule has 34 heavy (non-hydrogen) atoms. The molecule has 2 aromatic carbocycles. The molecule has 2 heterocycles. The third-order valence-electron chi connectivity index (χ3n) is 5.33. The first-order valence-corrected chi connectivity index (χ1v) is 11.0. The van der Waals surface area contributed by atoms with Crippen LogP contribution >= 0.6 is 0 Å². The number of benzene rings is 2. The molecule has 0 spiro atoms. The van der Waals surface area contributed by atoms with Crippen molar-refractivity contribution in [3.63, 3.8) is 0 Å². The summed E-state index contributed by atoms with van der Waals surface area (Å²) in [4.78, 5) is 25.2. The van der Waals surface area contributed by atoms with Gasteiger partial charge in [-0.3, -0.25) is 0 Å². The zero-order valence-corrected chi connectivity index (χ0v) is 19.1. The topological polar surface area (TPSA) is 94.5 Å². The van der Waals surface area contributed by atoms with Crippen molar-refractivity contribution in [3.05, 3.63) is 90.3 Å². The van der Waals surface area contributed by atoms with Gasteiger partial charge in [0.1, 0.15) is 12.4 Å². The van der Waals surface area contributed by atoms with E-state index in [1.54, 1.807) is 24.6 Å². The van der Waals surface area contributed by atoms with Gasteiger partial charge >= 0.3 is 12.0 Å². The molecule has 174 valence electrons. The van der Waals surface area contributed by atoms with Crippen LogP contribution in [0, 0.1) is 0 Å². The van der Waals surface area contributed by atoms with Gasteiger partial charge in [-0.2, -0.15) is 5.10 Å². The maximum absolute atomic E-state index is 12.8. The third kappa shape index (κ3) is 4.71. The van der Waals surface area contributed by atoms with Crippen LogP contribution in [0.5, 0.6) is 5.75 Å². The molecule has 1 aliphatic heterocycles. The number of hydrogen-bond acceptors (Lipinski definition) is 5. The number of aromatic nitrogens is 2. The molecule has 2 amide bonds. The number of esters is 1. The summed E-state index contributed by atoms with van der Waals surface area (Å²) in [5.74, 6) is 0.204. The Hall–Kier alpha value is -4.33. The predicted octanol–water partition coefficient (Wildman–Crippen LogP) is 4.30. The van der Waals surface area contributed by atoms with Crippen LogP contribution < -0.4 is 15.4 Å². The summed E-state index contributed by atoms with van der Waals surface area (Å²) in [7, 11) is 0. The van der Waals surface area contributed by atoms with Crippen molar-refractivity contribution in [2.24, 2.45) is 0 Å². The molecule has 1 aromatic heterocycles. The van der Waals surface area contributed by atoms with Crippen molar-refractivity contribution >= 4 is 12.0 Å². The van der Waals surface area contributed by atoms with Crippen LogP contribution in [0.4, 0.5) is 4.79 Å². The van der Waals surface area contributed by atoms with Gasteiger partial charge in [-0.15, -0.1) is 0 Å². The molecule has 8 nitrogen and oxygen atoms in total. The second kappa shape index (κ2) is 10.1. The fourth-order valence-corrected chi connectivity index (χ4v) is 3.81. The van der Waals surface area contributed by atoms with E-state index in [1.165, 1.54) is 0 Å². The minimum atomic E-state index is -0.739. The lowest BCUT2D eigenvalue weighted by atomic mass is 9.94. The Balaban J connectivity index is 1.84. The maximum atomic E-state index is 12.8. The Morgan fingerprint density at radius 1 is 1.18 bits per heavy atom. The van der Waals surface area contributed by atoms with Crippen LogP contribution in [0.25, 0.3) is 16.9 Å². The standard InChI is InChI=1S/C26H26N4O4/c1-4-15-34-20-13-11-18(12-14-20)23-21(16-30(29-23)19-9-7-6-8-10-19)24-22(25(31)33-5-2)17(3)27-26(32)28-24/h4,6-14,16,24H,1,5,15H2,2-3H3,(H2,27,28,32). The molecule has 0 saturated heterocycles. The van der Waals surface area contributed by atoms with Crippen molar-refractivity contribution in [3.8, 4) is 22.7 Å². The van der Waals surface area contributed by atoms with Gasteiger partial charge < -0.3 is 20.1 Å². The number of carbonyl (C=O) groups is 2. The van der Waals surface area contributed by atoms with Crippen LogP contribution in [-0.2, 0) is 9.53 Å². The molecule has 0 fully saturated rings. The van der Waals surface area contributed by atoms with E-state index in [9.17, 15) is 9.59 Å². The molecular formula is C26H26N4O4. The number of nitrogens with one attached hydrogen (secondary N) is 2. The summed E-state index contributed by atoms with van der Waals surface area (Å²) in [6.45, 7) is 7.72. The lowest BCUT2D eigenvalue weighted by Gasteiger charge is -2.27. The van der Waals surface area contributed by atoms with Crippen molar-refractivity contribution in [2.75, 3.05) is 13.2 Å². The van der Waals surface area contributed by atoms with Gasteiger partial charge in [0.15, 0.2) is 0 Å². The summed E-state index contributed by atoms with van der Waals surface area (Å²) >= 11 is 0. The zero-order chi connectivity index (χ0) is 24.1. The number of nitrogens with zero attached hydrogens (tertiary/aromatic N) is 2. The molecular weight excluding hydrogens is 432 g/mol. The monoisotopic (exact) mass is 458 g/mol. The number of ether oxygens (including phenoxy) is 2. The molecule has 1 atom stereocenters. The number of para-hydroxylation sites is 1. The summed E-state index contributed by atoms with van der Waals surface area (Å²) in [5.41, 5.74) is 3.73. The predicted molar refractivity (Wildman–Crippen MR) is 128 cm³/mol. The largest absolute Gasteiger partial charge is 0.490 e. The number of hydrogen-bond donors (Lipinski definition) is 2. The number of rotatable bonds is 8. The Bertz CT molecular complexity index is 1230. The van der Waals surface area contributed by atoms with Gasteiger partial charge in [0.2, 0.25) is 0 Å². The van der Waals surface area contributed by atoms with Gasteiger partial charge in [-0.1, -0.05) is 30.9 Å². The van der Waals surface area contributed by atoms with E-state index in [0.717, 1.165) is 11.3 Å². The van der Waals surface area contributed by atoms with E-state index >= 15 is 0 Å². The molecule has 0 bridgehead atoms. The fraction of sp³-hybridized carbons (Fsp3) is 0.192. The van der Waals surface area contributed by atoms with Crippen molar-refractivity contribution in [1.82, 2.24) is 20.4 Å². The van der Waals surface area contributed by atoms with Gasteiger partial charge in [0.05, 0.1) is 29.6 Å². The lowest BCUT2D eigenvalue weighted by molar-refractivity contribution is -0.139. The highest BCUT2D eigenvalue weighted by Crippen LogP contribution is 2.35. The van der Waals surface area contributed by atoms with E-state index in [-0.39, 0.29) is 6.61 Å². The second-order valence-electron chi connectivity index (χ2n) is 7.63. The van der Waals surface area contributed by atoms with Crippen LogP contribution in [0.2, 0.25) is 0 Å². The van der Waals surface area contributed by atoms with Crippen molar-refractivity contribution in [2.45, 2.75) is 19.9 Å². The molecule has 0 radical (unpaired) electrons. The highest BCUT2D eigenvalue weighted by Gasteiger charge is 2.35. The smallest absolute Gasteiger partial charge is 0.338 e. The fourth-order valence-electron chi connectivity index (χ4n) is 3.81. The number of allylic oxidation sites excluding steroid dienone is 1. The quantitative estimate of drug-likeness (QED) is 0.388. The summed E-state index contributed by atoms with van der Waals surface area (Å²) in [6.07, 6.45) is 3.51. The molecule has 2 N–H and O–H groups in total. The molecule has 0 aliphatic carbocycles. The maximum Gasteiger partial charge on any atom is 0.338 e. The Labute approximate surface area is 197 Å².